The summed E-state index contributed by atoms with van der Waals surface area (Å²) in [7, 11) is 0. The molecule has 4 nitrogen and oxygen atoms in total. The SMILES string of the molecule is O=C(CCCc1c[nH]c2ccccc12)N1CCC[C@]2(CCCN2Cc2ccc(F)cc2)CC1. The van der Waals surface area contributed by atoms with E-state index in [0.717, 1.165) is 58.3 Å². The van der Waals surface area contributed by atoms with Crippen molar-refractivity contribution in [2.24, 2.45) is 0 Å². The number of hydrogen-bond acceptors (Lipinski definition) is 2. The number of nitrogens with zero attached hydrogens (tertiary/aromatic N) is 2. The number of aromatic nitrogens is 1. The van der Waals surface area contributed by atoms with Crippen molar-refractivity contribution in [2.45, 2.75) is 63.5 Å². The Morgan fingerprint density at radius 1 is 0.970 bits per heavy atom. The van der Waals surface area contributed by atoms with E-state index < -0.39 is 0 Å². The molecule has 1 aromatic heterocycles. The fourth-order valence-corrected chi connectivity index (χ4v) is 5.97. The van der Waals surface area contributed by atoms with Crippen LogP contribution in [0.5, 0.6) is 0 Å². The topological polar surface area (TPSA) is 39.3 Å². The molecular formula is C28H34FN3O. The molecule has 2 aliphatic heterocycles. The molecular weight excluding hydrogens is 413 g/mol. The first-order valence-corrected chi connectivity index (χ1v) is 12.5. The number of rotatable bonds is 6. The number of nitrogens with one attached hydrogen (secondary N) is 1. The van der Waals surface area contributed by atoms with Gasteiger partial charge in [-0.05, 0) is 80.8 Å². The monoisotopic (exact) mass is 447 g/mol. The molecule has 0 bridgehead atoms. The number of carbonyl (C=O) groups excluding carboxylic acids is 1. The van der Waals surface area contributed by atoms with Gasteiger partial charge in [0.15, 0.2) is 0 Å². The van der Waals surface area contributed by atoms with Crippen molar-refractivity contribution >= 4 is 16.8 Å². The Morgan fingerprint density at radius 2 is 1.76 bits per heavy atom. The van der Waals surface area contributed by atoms with Crippen LogP contribution >= 0.6 is 0 Å². The van der Waals surface area contributed by atoms with Crippen molar-refractivity contribution in [2.75, 3.05) is 19.6 Å². The van der Waals surface area contributed by atoms with Crippen LogP contribution in [0.2, 0.25) is 0 Å². The summed E-state index contributed by atoms with van der Waals surface area (Å²) in [6.45, 7) is 3.69. The van der Waals surface area contributed by atoms with E-state index in [4.69, 9.17) is 0 Å². The van der Waals surface area contributed by atoms with E-state index in [1.165, 1.54) is 34.9 Å². The smallest absolute Gasteiger partial charge is 0.222 e. The Labute approximate surface area is 195 Å². The summed E-state index contributed by atoms with van der Waals surface area (Å²) in [5.41, 5.74) is 3.83. The molecule has 1 atom stereocenters. The second-order valence-corrected chi connectivity index (χ2v) is 9.82. The number of aromatic amines is 1. The van der Waals surface area contributed by atoms with Crippen LogP contribution in [0.1, 0.15) is 56.1 Å². The van der Waals surface area contributed by atoms with Crippen molar-refractivity contribution < 1.29 is 9.18 Å². The van der Waals surface area contributed by atoms with Gasteiger partial charge in [-0.25, -0.2) is 4.39 Å². The molecule has 2 aromatic carbocycles. The van der Waals surface area contributed by atoms with E-state index in [-0.39, 0.29) is 11.4 Å². The van der Waals surface area contributed by atoms with Crippen LogP contribution in [0.3, 0.4) is 0 Å². The van der Waals surface area contributed by atoms with Crippen molar-refractivity contribution in [3.05, 3.63) is 71.7 Å². The van der Waals surface area contributed by atoms with Crippen LogP contribution in [0, 0.1) is 5.82 Å². The van der Waals surface area contributed by atoms with Gasteiger partial charge in [0.1, 0.15) is 5.82 Å². The molecule has 2 fully saturated rings. The molecule has 2 aliphatic rings. The van der Waals surface area contributed by atoms with Gasteiger partial charge in [-0.2, -0.15) is 0 Å². The quantitative estimate of drug-likeness (QED) is 0.528. The van der Waals surface area contributed by atoms with Gasteiger partial charge in [-0.3, -0.25) is 9.69 Å². The van der Waals surface area contributed by atoms with E-state index in [1.807, 2.05) is 18.2 Å². The van der Waals surface area contributed by atoms with Gasteiger partial charge in [-0.15, -0.1) is 0 Å². The average molecular weight is 448 g/mol. The van der Waals surface area contributed by atoms with Crippen molar-refractivity contribution in [3.63, 3.8) is 0 Å². The number of likely N-dealkylation sites (tertiary alicyclic amines) is 2. The average Bonchev–Trinajstić information content (AvgIpc) is 3.34. The first kappa shape index (κ1) is 22.1. The summed E-state index contributed by atoms with van der Waals surface area (Å²) in [5, 5.41) is 1.27. The van der Waals surface area contributed by atoms with Crippen LogP contribution in [-0.4, -0.2) is 45.9 Å². The van der Waals surface area contributed by atoms with Gasteiger partial charge in [-0.1, -0.05) is 30.3 Å². The lowest BCUT2D eigenvalue weighted by Crippen LogP contribution is -2.44. The van der Waals surface area contributed by atoms with E-state index >= 15 is 0 Å². The number of para-hydroxylation sites is 1. The zero-order valence-corrected chi connectivity index (χ0v) is 19.4. The predicted molar refractivity (Wildman–Crippen MR) is 130 cm³/mol. The van der Waals surface area contributed by atoms with Gasteiger partial charge >= 0.3 is 0 Å². The first-order chi connectivity index (χ1) is 16.1. The summed E-state index contributed by atoms with van der Waals surface area (Å²) in [5.74, 6) is 0.123. The number of fused-ring (bicyclic) bond motifs is 1. The number of amides is 1. The molecule has 3 aromatic rings. The highest BCUT2D eigenvalue weighted by Crippen LogP contribution is 2.39. The summed E-state index contributed by atoms with van der Waals surface area (Å²) >= 11 is 0. The molecule has 5 heteroatoms. The number of benzene rings is 2. The Balaban J connectivity index is 1.15. The highest BCUT2D eigenvalue weighted by Gasteiger charge is 2.41. The molecule has 1 amide bonds. The second-order valence-electron chi connectivity index (χ2n) is 9.82. The minimum absolute atomic E-state index is 0.178. The van der Waals surface area contributed by atoms with Gasteiger partial charge < -0.3 is 9.88 Å². The van der Waals surface area contributed by atoms with Crippen molar-refractivity contribution in [1.29, 1.82) is 0 Å². The maximum absolute atomic E-state index is 13.3. The summed E-state index contributed by atoms with van der Waals surface area (Å²) in [6, 6.07) is 15.3. The molecule has 1 spiro atoms. The Bertz CT molecular complexity index is 1090. The number of halogens is 1. The van der Waals surface area contributed by atoms with Crippen LogP contribution in [0.25, 0.3) is 10.9 Å². The highest BCUT2D eigenvalue weighted by molar-refractivity contribution is 5.83. The van der Waals surface area contributed by atoms with E-state index in [2.05, 4.69) is 39.2 Å². The summed E-state index contributed by atoms with van der Waals surface area (Å²) in [6.07, 6.45) is 10.2. The number of carbonyl (C=O) groups is 1. The number of aryl methyl sites for hydroxylation is 1. The third-order valence-electron chi connectivity index (χ3n) is 7.81. The third kappa shape index (κ3) is 4.84. The molecule has 0 aliphatic carbocycles. The molecule has 174 valence electrons. The zero-order valence-electron chi connectivity index (χ0n) is 19.4. The van der Waals surface area contributed by atoms with Crippen LogP contribution in [0.15, 0.2) is 54.7 Å². The van der Waals surface area contributed by atoms with E-state index in [0.29, 0.717) is 12.3 Å². The first-order valence-electron chi connectivity index (χ1n) is 12.5. The van der Waals surface area contributed by atoms with Gasteiger partial charge in [0, 0.05) is 48.7 Å². The summed E-state index contributed by atoms with van der Waals surface area (Å²) < 4.78 is 13.3. The Morgan fingerprint density at radius 3 is 2.61 bits per heavy atom. The molecule has 0 saturated carbocycles. The normalized spacial score (nSPS) is 21.7. The lowest BCUT2D eigenvalue weighted by molar-refractivity contribution is -0.131. The maximum Gasteiger partial charge on any atom is 0.222 e. The molecule has 33 heavy (non-hydrogen) atoms. The van der Waals surface area contributed by atoms with Gasteiger partial charge in [0.05, 0.1) is 0 Å². The minimum Gasteiger partial charge on any atom is -0.361 e. The molecule has 1 N–H and O–H groups in total. The Hall–Kier alpha value is -2.66. The molecule has 2 saturated heterocycles. The van der Waals surface area contributed by atoms with Gasteiger partial charge in [0.25, 0.3) is 0 Å². The van der Waals surface area contributed by atoms with Crippen LogP contribution < -0.4 is 0 Å². The fraction of sp³-hybridized carbons (Fsp3) is 0.464. The molecule has 3 heterocycles. The predicted octanol–water partition coefficient (Wildman–Crippen LogP) is 5.68. The maximum atomic E-state index is 13.3. The molecule has 0 radical (unpaired) electrons. The minimum atomic E-state index is -0.178. The van der Waals surface area contributed by atoms with Crippen LogP contribution in [-0.2, 0) is 17.8 Å². The molecule has 5 rings (SSSR count). The lowest BCUT2D eigenvalue weighted by Gasteiger charge is -2.38. The number of H-pyrrole nitrogens is 1. The fourth-order valence-electron chi connectivity index (χ4n) is 5.97. The second kappa shape index (κ2) is 9.68. The van der Waals surface area contributed by atoms with E-state index in [9.17, 15) is 9.18 Å². The van der Waals surface area contributed by atoms with Gasteiger partial charge in [0.2, 0.25) is 5.91 Å². The molecule has 0 unspecified atom stereocenters. The van der Waals surface area contributed by atoms with Crippen molar-refractivity contribution in [1.82, 2.24) is 14.8 Å². The standard InChI is InChI=1S/C28H34FN3O/c29-24-12-10-22(11-13-24)21-32-18-5-15-28(32)14-4-17-31(19-16-28)27(33)9-3-6-23-20-30-26-8-2-1-7-25(23)26/h1-2,7-8,10-13,20,30H,3-6,9,14-19,21H2/t28-/m0/s1. The largest absolute Gasteiger partial charge is 0.361 e. The lowest BCUT2D eigenvalue weighted by atomic mass is 9.87. The number of hydrogen-bond donors (Lipinski definition) is 1. The zero-order chi connectivity index (χ0) is 22.7. The third-order valence-corrected chi connectivity index (χ3v) is 7.81. The Kier molecular flexibility index (Phi) is 6.50. The van der Waals surface area contributed by atoms with Crippen molar-refractivity contribution in [3.8, 4) is 0 Å². The van der Waals surface area contributed by atoms with E-state index in [1.54, 1.807) is 12.1 Å². The highest BCUT2D eigenvalue weighted by atomic mass is 19.1. The summed E-state index contributed by atoms with van der Waals surface area (Å²) in [4.78, 5) is 21.1. The van der Waals surface area contributed by atoms with Crippen LogP contribution in [0.4, 0.5) is 4.39 Å².